The Hall–Kier alpha value is -2.70. The summed E-state index contributed by atoms with van der Waals surface area (Å²) in [6.07, 6.45) is 6.93. The maximum absolute atomic E-state index is 12.7. The number of rotatable bonds is 5. The van der Waals surface area contributed by atoms with Gasteiger partial charge in [0.1, 0.15) is 11.6 Å². The van der Waals surface area contributed by atoms with Crippen molar-refractivity contribution in [2.24, 2.45) is 5.92 Å². The van der Waals surface area contributed by atoms with Crippen LogP contribution in [0, 0.1) is 12.8 Å². The summed E-state index contributed by atoms with van der Waals surface area (Å²) in [6.45, 7) is 7.75. The zero-order valence-electron chi connectivity index (χ0n) is 17.0. The van der Waals surface area contributed by atoms with E-state index in [2.05, 4.69) is 39.0 Å². The quantitative estimate of drug-likeness (QED) is 0.827. The average molecular weight is 383 g/mol. The molecule has 0 aliphatic heterocycles. The highest BCUT2D eigenvalue weighted by molar-refractivity contribution is 5.92. The molecule has 1 saturated carbocycles. The summed E-state index contributed by atoms with van der Waals surface area (Å²) < 4.78 is 2.17. The third kappa shape index (κ3) is 4.58. The third-order valence-electron chi connectivity index (χ3n) is 5.26. The van der Waals surface area contributed by atoms with Gasteiger partial charge in [-0.15, -0.1) is 0 Å². The van der Waals surface area contributed by atoms with Crippen LogP contribution in [0.1, 0.15) is 58.3 Å². The van der Waals surface area contributed by atoms with Crippen LogP contribution in [0.15, 0.2) is 24.5 Å². The summed E-state index contributed by atoms with van der Waals surface area (Å²) >= 11 is 0. The van der Waals surface area contributed by atoms with Crippen LogP contribution in [0.4, 0.5) is 5.82 Å². The van der Waals surface area contributed by atoms with Crippen LogP contribution in [-0.2, 0) is 9.59 Å². The van der Waals surface area contributed by atoms with Gasteiger partial charge in [0, 0.05) is 36.7 Å². The smallest absolute Gasteiger partial charge is 0.228 e. The second-order valence-electron chi connectivity index (χ2n) is 7.83. The van der Waals surface area contributed by atoms with Crippen molar-refractivity contribution in [2.75, 3.05) is 5.32 Å². The largest absolute Gasteiger partial charge is 0.354 e. The molecule has 0 bridgehead atoms. The molecule has 0 unspecified atom stereocenters. The van der Waals surface area contributed by atoms with E-state index in [1.165, 1.54) is 6.92 Å². The molecule has 1 fully saturated rings. The van der Waals surface area contributed by atoms with E-state index in [1.54, 1.807) is 6.20 Å². The van der Waals surface area contributed by atoms with Gasteiger partial charge in [0.15, 0.2) is 0 Å². The Kier molecular flexibility index (Phi) is 6.11. The monoisotopic (exact) mass is 383 g/mol. The molecule has 2 atom stereocenters. The Morgan fingerprint density at radius 2 is 2.04 bits per heavy atom. The molecule has 2 aromatic heterocycles. The van der Waals surface area contributed by atoms with Crippen molar-refractivity contribution in [3.63, 3.8) is 0 Å². The Labute approximate surface area is 166 Å². The molecular weight excluding hydrogens is 354 g/mol. The topological polar surface area (TPSA) is 88.9 Å². The van der Waals surface area contributed by atoms with E-state index in [0.29, 0.717) is 12.2 Å². The van der Waals surface area contributed by atoms with Gasteiger partial charge in [0.25, 0.3) is 0 Å². The van der Waals surface area contributed by atoms with Crippen LogP contribution < -0.4 is 10.6 Å². The number of hydrogen-bond donors (Lipinski definition) is 2. The summed E-state index contributed by atoms with van der Waals surface area (Å²) in [4.78, 5) is 32.8. The number of pyridine rings is 1. The normalized spacial score (nSPS) is 19.5. The minimum atomic E-state index is -0.112. The molecule has 0 saturated heterocycles. The molecule has 7 heteroatoms. The Morgan fingerprint density at radius 1 is 1.25 bits per heavy atom. The molecule has 28 heavy (non-hydrogen) atoms. The zero-order valence-corrected chi connectivity index (χ0v) is 17.0. The average Bonchev–Trinajstić information content (AvgIpc) is 3.03. The lowest BCUT2D eigenvalue weighted by Crippen LogP contribution is -2.40. The third-order valence-corrected chi connectivity index (χ3v) is 5.26. The van der Waals surface area contributed by atoms with E-state index in [1.807, 2.05) is 25.3 Å². The van der Waals surface area contributed by atoms with Crippen LogP contribution in [0.3, 0.4) is 0 Å². The predicted molar refractivity (Wildman–Crippen MR) is 109 cm³/mol. The highest BCUT2D eigenvalue weighted by Gasteiger charge is 2.28. The van der Waals surface area contributed by atoms with Crippen LogP contribution in [0.25, 0.3) is 11.3 Å². The van der Waals surface area contributed by atoms with Crippen molar-refractivity contribution in [3.8, 4) is 11.3 Å². The van der Waals surface area contributed by atoms with E-state index in [4.69, 9.17) is 0 Å². The number of anilines is 1. The second-order valence-corrected chi connectivity index (χ2v) is 7.83. The predicted octanol–water partition coefficient (Wildman–Crippen LogP) is 3.47. The lowest BCUT2D eigenvalue weighted by molar-refractivity contribution is -0.123. The molecule has 0 radical (unpaired) electrons. The fraction of sp³-hybridized carbons (Fsp3) is 0.524. The van der Waals surface area contributed by atoms with Crippen molar-refractivity contribution in [3.05, 3.63) is 30.4 Å². The minimum Gasteiger partial charge on any atom is -0.354 e. The van der Waals surface area contributed by atoms with Crippen LogP contribution in [-0.4, -0.2) is 32.4 Å². The molecule has 7 nitrogen and oxygen atoms in total. The van der Waals surface area contributed by atoms with Crippen LogP contribution >= 0.6 is 0 Å². The van der Waals surface area contributed by atoms with Crippen LogP contribution in [0.5, 0.6) is 0 Å². The first-order valence-corrected chi connectivity index (χ1v) is 9.93. The van der Waals surface area contributed by atoms with E-state index in [9.17, 15) is 9.59 Å². The molecular formula is C21H29N5O2. The maximum atomic E-state index is 12.7. The van der Waals surface area contributed by atoms with Gasteiger partial charge < -0.3 is 15.2 Å². The van der Waals surface area contributed by atoms with Gasteiger partial charge in [-0.2, -0.15) is 0 Å². The van der Waals surface area contributed by atoms with Crippen LogP contribution in [0.2, 0.25) is 0 Å². The number of imidazole rings is 1. The number of nitrogens with zero attached hydrogens (tertiary/aromatic N) is 3. The van der Waals surface area contributed by atoms with Gasteiger partial charge in [0.05, 0.1) is 11.9 Å². The first kappa shape index (κ1) is 20.0. The molecule has 0 aromatic carbocycles. The molecule has 1 aliphatic carbocycles. The maximum Gasteiger partial charge on any atom is 0.228 e. The fourth-order valence-electron chi connectivity index (χ4n) is 4.05. The van der Waals surface area contributed by atoms with Gasteiger partial charge >= 0.3 is 0 Å². The van der Waals surface area contributed by atoms with Crippen molar-refractivity contribution in [1.29, 1.82) is 0 Å². The van der Waals surface area contributed by atoms with Gasteiger partial charge in [0.2, 0.25) is 11.8 Å². The summed E-state index contributed by atoms with van der Waals surface area (Å²) in [7, 11) is 0. The number of carbonyl (C=O) groups excluding carboxylic acids is 2. The summed E-state index contributed by atoms with van der Waals surface area (Å²) in [5.41, 5.74) is 1.98. The van der Waals surface area contributed by atoms with Gasteiger partial charge in [-0.1, -0.05) is 6.42 Å². The first-order valence-electron chi connectivity index (χ1n) is 9.93. The van der Waals surface area contributed by atoms with Gasteiger partial charge in [-0.3, -0.25) is 9.59 Å². The molecule has 0 spiro atoms. The van der Waals surface area contributed by atoms with Gasteiger partial charge in [-0.25, -0.2) is 9.97 Å². The van der Waals surface area contributed by atoms with Crippen molar-refractivity contribution < 1.29 is 9.59 Å². The number of aromatic nitrogens is 3. The van der Waals surface area contributed by atoms with Crippen molar-refractivity contribution in [1.82, 2.24) is 19.9 Å². The molecule has 3 rings (SSSR count). The number of carbonyl (C=O) groups is 2. The summed E-state index contributed by atoms with van der Waals surface area (Å²) in [6, 6.07) is 4.18. The second kappa shape index (κ2) is 8.54. The first-order chi connectivity index (χ1) is 13.3. The van der Waals surface area contributed by atoms with Crippen molar-refractivity contribution >= 4 is 17.6 Å². The fourth-order valence-corrected chi connectivity index (χ4v) is 4.05. The molecule has 150 valence electrons. The minimum absolute atomic E-state index is 0.0340. The van der Waals surface area contributed by atoms with E-state index in [0.717, 1.165) is 36.3 Å². The number of aryl methyl sites for hydroxylation is 1. The number of amides is 2. The van der Waals surface area contributed by atoms with E-state index >= 15 is 0 Å². The Balaban J connectivity index is 1.73. The highest BCUT2D eigenvalue weighted by Crippen LogP contribution is 2.28. The zero-order chi connectivity index (χ0) is 20.3. The van der Waals surface area contributed by atoms with E-state index in [-0.39, 0.29) is 29.8 Å². The highest BCUT2D eigenvalue weighted by atomic mass is 16.2. The summed E-state index contributed by atoms with van der Waals surface area (Å²) in [5.74, 6) is 1.31. The molecule has 2 aromatic rings. The standard InChI is InChI=1S/C21H29N5O2/c1-13(2)26-14(3)23-12-19(26)16-8-9-22-20(11-16)25-21(28)17-6-5-7-18(10-17)24-15(4)27/h8-9,11-13,17-18H,5-7,10H2,1-4H3,(H,24,27)(H,22,25,28)/t17-,18+/m0/s1. The molecule has 2 N–H and O–H groups in total. The Morgan fingerprint density at radius 3 is 2.75 bits per heavy atom. The van der Waals surface area contributed by atoms with E-state index < -0.39 is 0 Å². The molecule has 2 heterocycles. The lowest BCUT2D eigenvalue weighted by Gasteiger charge is -2.28. The molecule has 2 amide bonds. The lowest BCUT2D eigenvalue weighted by atomic mass is 9.85. The SMILES string of the molecule is CC(=O)N[C@@H]1CCC[C@H](C(=O)Nc2cc(-c3cnc(C)n3C(C)C)ccn2)C1. The number of nitrogens with one attached hydrogen (secondary N) is 2. The number of hydrogen-bond acceptors (Lipinski definition) is 4. The Bertz CT molecular complexity index is 858. The summed E-state index contributed by atoms with van der Waals surface area (Å²) in [5, 5.41) is 5.89. The van der Waals surface area contributed by atoms with Crippen molar-refractivity contribution in [2.45, 2.75) is 65.5 Å². The van der Waals surface area contributed by atoms with Gasteiger partial charge in [-0.05, 0) is 52.2 Å². The molecule has 1 aliphatic rings.